The summed E-state index contributed by atoms with van der Waals surface area (Å²) < 4.78 is 4.55. The van der Waals surface area contributed by atoms with Crippen molar-refractivity contribution in [2.24, 2.45) is 0 Å². The minimum absolute atomic E-state index is 0.491. The Kier molecular flexibility index (Phi) is 6.18. The fraction of sp³-hybridized carbons (Fsp3) is 0.308. The zero-order valence-electron chi connectivity index (χ0n) is 11.0. The second kappa shape index (κ2) is 7.90. The maximum absolute atomic E-state index is 11.5. The maximum Gasteiger partial charge on any atom is 0.329 e. The highest BCUT2D eigenvalue weighted by Crippen LogP contribution is 2.10. The number of hydrogen-bond acceptors (Lipinski definition) is 4. The summed E-state index contributed by atoms with van der Waals surface area (Å²) in [6.07, 6.45) is 0.832. The van der Waals surface area contributed by atoms with Crippen LogP contribution in [0.3, 0.4) is 0 Å². The number of hydrogen-bond donors (Lipinski definition) is 3. The van der Waals surface area contributed by atoms with Crippen LogP contribution in [-0.2, 0) is 20.7 Å². The van der Waals surface area contributed by atoms with Gasteiger partial charge in [0.25, 0.3) is 5.91 Å². The van der Waals surface area contributed by atoms with Crippen molar-refractivity contribution in [2.75, 3.05) is 18.5 Å². The molecule has 1 aromatic carbocycles. The van der Waals surface area contributed by atoms with E-state index in [0.29, 0.717) is 5.69 Å². The highest BCUT2D eigenvalue weighted by atomic mass is 16.5. The number of carbonyl (C=O) groups excluding carboxylic acids is 2. The van der Waals surface area contributed by atoms with E-state index >= 15 is 0 Å². The fourth-order valence-corrected chi connectivity index (χ4v) is 1.43. The minimum Gasteiger partial charge on any atom is -0.480 e. The van der Waals surface area contributed by atoms with Gasteiger partial charge in [0.2, 0.25) is 0 Å². The molecule has 1 rings (SSSR count). The lowest BCUT2D eigenvalue weighted by Crippen LogP contribution is -2.37. The zero-order valence-corrected chi connectivity index (χ0v) is 11.0. The summed E-state index contributed by atoms with van der Waals surface area (Å²) in [7, 11) is 0. The smallest absolute Gasteiger partial charge is 0.329 e. The Balaban J connectivity index is 2.38. The number of benzene rings is 1. The minimum atomic E-state index is -1.18. The van der Waals surface area contributed by atoms with Crippen molar-refractivity contribution < 1.29 is 24.2 Å². The monoisotopic (exact) mass is 280 g/mol. The first-order valence-corrected chi connectivity index (χ1v) is 6.00. The molecule has 0 aliphatic rings. The Morgan fingerprint density at radius 3 is 2.65 bits per heavy atom. The van der Waals surface area contributed by atoms with Crippen molar-refractivity contribution in [1.29, 1.82) is 0 Å². The summed E-state index contributed by atoms with van der Waals surface area (Å²) in [6, 6.07) is 6.53. The van der Waals surface area contributed by atoms with Crippen molar-refractivity contribution in [3.8, 4) is 0 Å². The molecule has 1 aromatic rings. The highest BCUT2D eigenvalue weighted by Gasteiger charge is 2.09. The van der Waals surface area contributed by atoms with Crippen molar-refractivity contribution in [3.05, 3.63) is 29.8 Å². The molecular weight excluding hydrogens is 264 g/mol. The predicted molar refractivity (Wildman–Crippen MR) is 71.4 cm³/mol. The zero-order chi connectivity index (χ0) is 15.0. The first-order chi connectivity index (χ1) is 9.51. The summed E-state index contributed by atoms with van der Waals surface area (Å²) >= 11 is 0. The van der Waals surface area contributed by atoms with E-state index in [0.717, 1.165) is 12.0 Å². The molecule has 0 aliphatic carbocycles. The largest absolute Gasteiger partial charge is 0.480 e. The van der Waals surface area contributed by atoms with E-state index < -0.39 is 31.1 Å². The lowest BCUT2D eigenvalue weighted by molar-refractivity contribution is -0.143. The molecule has 0 fully saturated rings. The van der Waals surface area contributed by atoms with E-state index in [4.69, 9.17) is 5.11 Å². The maximum atomic E-state index is 11.5. The fourth-order valence-electron chi connectivity index (χ4n) is 1.43. The van der Waals surface area contributed by atoms with Crippen LogP contribution in [0.25, 0.3) is 0 Å². The third kappa shape index (κ3) is 5.96. The Hall–Kier alpha value is -2.41. The lowest BCUT2D eigenvalue weighted by atomic mass is 10.1. The Bertz CT molecular complexity index is 501. The molecular formula is C13H16N2O5. The van der Waals surface area contributed by atoms with Crippen LogP contribution in [-0.4, -0.2) is 36.2 Å². The SMILES string of the molecule is CCc1cccc(NC(=O)NC(=O)COCC(=O)O)c1. The number of amides is 3. The van der Waals surface area contributed by atoms with Gasteiger partial charge in [-0.15, -0.1) is 0 Å². The van der Waals surface area contributed by atoms with Crippen LogP contribution in [0.2, 0.25) is 0 Å². The molecule has 3 N–H and O–H groups in total. The van der Waals surface area contributed by atoms with Gasteiger partial charge in [0.15, 0.2) is 0 Å². The van der Waals surface area contributed by atoms with Crippen LogP contribution in [0, 0.1) is 0 Å². The molecule has 0 bridgehead atoms. The van der Waals surface area contributed by atoms with Gasteiger partial charge in [-0.05, 0) is 24.1 Å². The number of carbonyl (C=O) groups is 3. The molecule has 3 amide bonds. The van der Waals surface area contributed by atoms with Crippen LogP contribution in [0.1, 0.15) is 12.5 Å². The predicted octanol–water partition coefficient (Wildman–Crippen LogP) is 0.998. The van der Waals surface area contributed by atoms with Gasteiger partial charge in [-0.1, -0.05) is 19.1 Å². The number of carboxylic acids is 1. The third-order valence-corrected chi connectivity index (χ3v) is 2.30. The molecule has 0 spiro atoms. The van der Waals surface area contributed by atoms with E-state index in [1.807, 2.05) is 18.3 Å². The number of anilines is 1. The molecule has 0 aliphatic heterocycles. The van der Waals surface area contributed by atoms with E-state index in [2.05, 4.69) is 10.1 Å². The van der Waals surface area contributed by atoms with Gasteiger partial charge in [-0.2, -0.15) is 0 Å². The quantitative estimate of drug-likeness (QED) is 0.721. The number of urea groups is 1. The van der Waals surface area contributed by atoms with Crippen LogP contribution in [0.5, 0.6) is 0 Å². The molecule has 0 saturated carbocycles. The standard InChI is InChI=1S/C13H16N2O5/c1-2-9-4-3-5-10(6-9)14-13(19)15-11(16)7-20-8-12(17)18/h3-6H,2,7-8H2,1H3,(H,17,18)(H2,14,15,16,19). The Labute approximate surface area is 115 Å². The van der Waals surface area contributed by atoms with Gasteiger partial charge in [0.05, 0.1) is 0 Å². The summed E-state index contributed by atoms with van der Waals surface area (Å²) in [5.41, 5.74) is 1.63. The second-order valence-corrected chi connectivity index (χ2v) is 3.94. The van der Waals surface area contributed by atoms with Crippen LogP contribution < -0.4 is 10.6 Å². The third-order valence-electron chi connectivity index (χ3n) is 2.30. The highest BCUT2D eigenvalue weighted by molar-refractivity contribution is 6.01. The summed E-state index contributed by atoms with van der Waals surface area (Å²) in [4.78, 5) is 32.9. The first-order valence-electron chi connectivity index (χ1n) is 6.00. The molecule has 0 heterocycles. The Morgan fingerprint density at radius 1 is 1.25 bits per heavy atom. The van der Waals surface area contributed by atoms with Crippen molar-refractivity contribution in [1.82, 2.24) is 5.32 Å². The molecule has 0 unspecified atom stereocenters. The van der Waals surface area contributed by atoms with E-state index in [1.54, 1.807) is 18.2 Å². The number of carboxylic acid groups (broad SMARTS) is 1. The first kappa shape index (κ1) is 15.6. The average Bonchev–Trinajstić information content (AvgIpc) is 2.38. The number of rotatable bonds is 6. The average molecular weight is 280 g/mol. The summed E-state index contributed by atoms with van der Waals surface area (Å²) in [5, 5.41) is 12.9. The number of imide groups is 1. The molecule has 0 atom stereocenters. The Morgan fingerprint density at radius 2 is 2.00 bits per heavy atom. The second-order valence-electron chi connectivity index (χ2n) is 3.94. The molecule has 20 heavy (non-hydrogen) atoms. The van der Waals surface area contributed by atoms with Gasteiger partial charge >= 0.3 is 12.0 Å². The van der Waals surface area contributed by atoms with E-state index in [-0.39, 0.29) is 0 Å². The van der Waals surface area contributed by atoms with Gasteiger partial charge in [0, 0.05) is 5.69 Å². The number of aliphatic carboxylic acids is 1. The molecule has 0 radical (unpaired) electrons. The molecule has 0 aromatic heterocycles. The summed E-state index contributed by atoms with van der Waals surface area (Å²) in [5.74, 6) is -1.89. The van der Waals surface area contributed by atoms with E-state index in [1.165, 1.54) is 0 Å². The van der Waals surface area contributed by atoms with Gasteiger partial charge in [-0.3, -0.25) is 10.1 Å². The molecule has 108 valence electrons. The van der Waals surface area contributed by atoms with Gasteiger partial charge in [-0.25, -0.2) is 9.59 Å². The topological polar surface area (TPSA) is 105 Å². The number of aryl methyl sites for hydroxylation is 1. The van der Waals surface area contributed by atoms with Gasteiger partial charge < -0.3 is 15.2 Å². The van der Waals surface area contributed by atoms with Crippen molar-refractivity contribution >= 4 is 23.6 Å². The van der Waals surface area contributed by atoms with Gasteiger partial charge in [0.1, 0.15) is 13.2 Å². The molecule has 0 saturated heterocycles. The summed E-state index contributed by atoms with van der Waals surface area (Å²) in [6.45, 7) is 0.908. The number of ether oxygens (including phenoxy) is 1. The normalized spacial score (nSPS) is 9.85. The van der Waals surface area contributed by atoms with Crippen LogP contribution in [0.15, 0.2) is 24.3 Å². The van der Waals surface area contributed by atoms with Crippen molar-refractivity contribution in [2.45, 2.75) is 13.3 Å². The lowest BCUT2D eigenvalue weighted by Gasteiger charge is -2.07. The van der Waals surface area contributed by atoms with Crippen LogP contribution >= 0.6 is 0 Å². The van der Waals surface area contributed by atoms with Crippen molar-refractivity contribution in [3.63, 3.8) is 0 Å². The van der Waals surface area contributed by atoms with E-state index in [9.17, 15) is 14.4 Å². The molecule has 7 heteroatoms. The van der Waals surface area contributed by atoms with Crippen LogP contribution in [0.4, 0.5) is 10.5 Å². The molecule has 7 nitrogen and oxygen atoms in total. The number of nitrogens with one attached hydrogen (secondary N) is 2.